The molecule has 0 aromatic carbocycles. The molecule has 0 aromatic rings. The van der Waals surface area contributed by atoms with E-state index in [1.807, 2.05) is 39.8 Å². The molecule has 1 amide bonds. The number of nitrogens with two attached hydrogens (primary N) is 1. The van der Waals surface area contributed by atoms with Crippen LogP contribution in [-0.4, -0.2) is 25.2 Å². The fourth-order valence-corrected chi connectivity index (χ4v) is 1.52. The predicted molar refractivity (Wildman–Crippen MR) is 84.4 cm³/mol. The second-order valence-corrected chi connectivity index (χ2v) is 6.47. The van der Waals surface area contributed by atoms with Crippen LogP contribution in [0, 0.1) is 5.41 Å². The van der Waals surface area contributed by atoms with Crippen molar-refractivity contribution in [3.05, 3.63) is 23.4 Å². The molecule has 116 valence electrons. The van der Waals surface area contributed by atoms with Gasteiger partial charge in [0.2, 0.25) is 5.91 Å². The van der Waals surface area contributed by atoms with E-state index in [4.69, 9.17) is 22.1 Å². The first-order valence-corrected chi connectivity index (χ1v) is 7.12. The molecular formula is C15H27ClN2O2. The Morgan fingerprint density at radius 1 is 1.40 bits per heavy atom. The SMILES string of the molecule is COC(C/C=C\NC(=O)C(N)C(C)(C)C)C/C=C(\C)Cl. The number of methoxy groups -OCH3 is 1. The molecule has 0 bridgehead atoms. The summed E-state index contributed by atoms with van der Waals surface area (Å²) in [6.45, 7) is 7.63. The van der Waals surface area contributed by atoms with Crippen molar-refractivity contribution >= 4 is 17.5 Å². The number of rotatable bonds is 7. The lowest BCUT2D eigenvalue weighted by Gasteiger charge is -2.25. The molecule has 0 saturated carbocycles. The van der Waals surface area contributed by atoms with Crippen LogP contribution in [0.3, 0.4) is 0 Å². The Morgan fingerprint density at radius 2 is 2.00 bits per heavy atom. The van der Waals surface area contributed by atoms with Crippen LogP contribution in [0.4, 0.5) is 0 Å². The maximum Gasteiger partial charge on any atom is 0.241 e. The number of amides is 1. The highest BCUT2D eigenvalue weighted by Crippen LogP contribution is 2.17. The highest BCUT2D eigenvalue weighted by atomic mass is 35.5. The van der Waals surface area contributed by atoms with Crippen molar-refractivity contribution in [2.24, 2.45) is 11.1 Å². The van der Waals surface area contributed by atoms with Gasteiger partial charge in [0, 0.05) is 12.1 Å². The Hall–Kier alpha value is -0.840. The summed E-state index contributed by atoms with van der Waals surface area (Å²) in [6, 6.07) is -0.535. The second kappa shape index (κ2) is 9.16. The third-order valence-electron chi connectivity index (χ3n) is 2.95. The first-order chi connectivity index (χ1) is 9.18. The smallest absolute Gasteiger partial charge is 0.241 e. The van der Waals surface area contributed by atoms with E-state index in [1.54, 1.807) is 13.3 Å². The lowest BCUT2D eigenvalue weighted by molar-refractivity contribution is -0.123. The maximum absolute atomic E-state index is 11.8. The summed E-state index contributed by atoms with van der Waals surface area (Å²) in [5, 5.41) is 3.44. The summed E-state index contributed by atoms with van der Waals surface area (Å²) in [7, 11) is 1.66. The lowest BCUT2D eigenvalue weighted by Crippen LogP contribution is -2.47. The summed E-state index contributed by atoms with van der Waals surface area (Å²) in [4.78, 5) is 11.8. The van der Waals surface area contributed by atoms with Gasteiger partial charge in [0.25, 0.3) is 0 Å². The third kappa shape index (κ3) is 8.35. The zero-order valence-corrected chi connectivity index (χ0v) is 13.8. The highest BCUT2D eigenvalue weighted by Gasteiger charge is 2.26. The average Bonchev–Trinajstić information content (AvgIpc) is 2.35. The first kappa shape index (κ1) is 19.2. The highest BCUT2D eigenvalue weighted by molar-refractivity contribution is 6.29. The predicted octanol–water partition coefficient (Wildman–Crippen LogP) is 2.93. The molecule has 0 aromatic heterocycles. The molecule has 0 radical (unpaired) electrons. The van der Waals surface area contributed by atoms with Crippen molar-refractivity contribution in [2.45, 2.75) is 52.7 Å². The fraction of sp³-hybridized carbons (Fsp3) is 0.667. The number of ether oxygens (including phenoxy) is 1. The van der Waals surface area contributed by atoms with E-state index >= 15 is 0 Å². The molecule has 0 aliphatic heterocycles. The van der Waals surface area contributed by atoms with Crippen LogP contribution >= 0.6 is 11.6 Å². The molecule has 0 fully saturated rings. The van der Waals surface area contributed by atoms with Crippen LogP contribution in [0.5, 0.6) is 0 Å². The third-order valence-corrected chi connectivity index (χ3v) is 3.11. The van der Waals surface area contributed by atoms with E-state index in [0.29, 0.717) is 6.42 Å². The van der Waals surface area contributed by atoms with Crippen LogP contribution in [-0.2, 0) is 9.53 Å². The Kier molecular flexibility index (Phi) is 8.78. The molecule has 0 aliphatic carbocycles. The van der Waals surface area contributed by atoms with Crippen molar-refractivity contribution < 1.29 is 9.53 Å². The zero-order valence-electron chi connectivity index (χ0n) is 13.1. The topological polar surface area (TPSA) is 64.3 Å². The number of halogens is 1. The minimum atomic E-state index is -0.535. The van der Waals surface area contributed by atoms with Gasteiger partial charge in [-0.05, 0) is 31.4 Å². The number of allylic oxidation sites excluding steroid dienone is 1. The van der Waals surface area contributed by atoms with Gasteiger partial charge in [-0.3, -0.25) is 4.79 Å². The Balaban J connectivity index is 4.19. The van der Waals surface area contributed by atoms with Gasteiger partial charge >= 0.3 is 0 Å². The van der Waals surface area contributed by atoms with Crippen molar-refractivity contribution in [3.63, 3.8) is 0 Å². The van der Waals surface area contributed by atoms with Gasteiger partial charge in [0.15, 0.2) is 0 Å². The van der Waals surface area contributed by atoms with E-state index in [0.717, 1.165) is 11.5 Å². The molecule has 20 heavy (non-hydrogen) atoms. The molecule has 4 nitrogen and oxygen atoms in total. The van der Waals surface area contributed by atoms with Crippen LogP contribution in [0.25, 0.3) is 0 Å². The minimum Gasteiger partial charge on any atom is -0.381 e. The normalized spacial score (nSPS) is 16.2. The van der Waals surface area contributed by atoms with Crippen LogP contribution in [0.1, 0.15) is 40.5 Å². The quantitative estimate of drug-likeness (QED) is 0.760. The van der Waals surface area contributed by atoms with Gasteiger partial charge in [-0.1, -0.05) is 44.5 Å². The molecule has 0 rings (SSSR count). The van der Waals surface area contributed by atoms with E-state index < -0.39 is 6.04 Å². The van der Waals surface area contributed by atoms with Crippen molar-refractivity contribution in [1.82, 2.24) is 5.32 Å². The number of carbonyl (C=O) groups is 1. The molecule has 5 heteroatoms. The molecule has 0 heterocycles. The minimum absolute atomic E-state index is 0.0492. The molecular weight excluding hydrogens is 276 g/mol. The summed E-state index contributed by atoms with van der Waals surface area (Å²) in [5.41, 5.74) is 5.60. The maximum atomic E-state index is 11.8. The molecule has 2 unspecified atom stereocenters. The second-order valence-electron chi connectivity index (χ2n) is 5.87. The van der Waals surface area contributed by atoms with Gasteiger partial charge in [-0.25, -0.2) is 0 Å². The molecule has 3 N–H and O–H groups in total. The number of nitrogens with one attached hydrogen (secondary N) is 1. The average molecular weight is 303 g/mol. The van der Waals surface area contributed by atoms with E-state index in [9.17, 15) is 4.79 Å². The largest absolute Gasteiger partial charge is 0.381 e. The van der Waals surface area contributed by atoms with Crippen LogP contribution in [0.2, 0.25) is 0 Å². The van der Waals surface area contributed by atoms with Gasteiger partial charge in [-0.15, -0.1) is 0 Å². The van der Waals surface area contributed by atoms with Crippen LogP contribution < -0.4 is 11.1 Å². The van der Waals surface area contributed by atoms with E-state index in [1.165, 1.54) is 0 Å². The van der Waals surface area contributed by atoms with E-state index in [-0.39, 0.29) is 17.4 Å². The number of carbonyl (C=O) groups excluding carboxylic acids is 1. The monoisotopic (exact) mass is 302 g/mol. The summed E-state index contributed by atoms with van der Waals surface area (Å²) < 4.78 is 5.32. The Morgan fingerprint density at radius 3 is 2.45 bits per heavy atom. The Bertz CT molecular complexity index is 355. The summed E-state index contributed by atoms with van der Waals surface area (Å²) >= 11 is 5.78. The van der Waals surface area contributed by atoms with Crippen LogP contribution in [0.15, 0.2) is 23.4 Å². The fourth-order valence-electron chi connectivity index (χ4n) is 1.43. The summed E-state index contributed by atoms with van der Waals surface area (Å²) in [5.74, 6) is -0.181. The van der Waals surface area contributed by atoms with Crippen molar-refractivity contribution in [2.75, 3.05) is 7.11 Å². The molecule has 2 atom stereocenters. The van der Waals surface area contributed by atoms with Gasteiger partial charge < -0.3 is 15.8 Å². The lowest BCUT2D eigenvalue weighted by atomic mass is 9.87. The molecule has 0 spiro atoms. The summed E-state index contributed by atoms with van der Waals surface area (Å²) in [6.07, 6.45) is 6.88. The van der Waals surface area contributed by atoms with Gasteiger partial charge in [0.1, 0.15) is 0 Å². The van der Waals surface area contributed by atoms with E-state index in [2.05, 4.69) is 5.32 Å². The van der Waals surface area contributed by atoms with Crippen molar-refractivity contribution in [1.29, 1.82) is 0 Å². The Labute approximate surface area is 127 Å². The van der Waals surface area contributed by atoms with Gasteiger partial charge in [0.05, 0.1) is 12.1 Å². The number of hydrogen-bond donors (Lipinski definition) is 2. The standard InChI is InChI=1S/C15H27ClN2O2/c1-11(16)8-9-12(20-5)7-6-10-18-14(19)13(17)15(2,3)4/h6,8,10,12-13H,7,9,17H2,1-5H3,(H,18,19)/b10-6-,11-8+. The number of hydrogen-bond acceptors (Lipinski definition) is 3. The first-order valence-electron chi connectivity index (χ1n) is 6.74. The van der Waals surface area contributed by atoms with Gasteiger partial charge in [-0.2, -0.15) is 0 Å². The van der Waals surface area contributed by atoms with Crippen molar-refractivity contribution in [3.8, 4) is 0 Å². The molecule has 0 saturated heterocycles. The molecule has 0 aliphatic rings. The zero-order chi connectivity index (χ0) is 15.8.